The molecule has 17 heavy (non-hydrogen) atoms. The van der Waals surface area contributed by atoms with Crippen molar-refractivity contribution in [1.29, 1.82) is 0 Å². The third-order valence-electron chi connectivity index (χ3n) is 3.10. The fourth-order valence-corrected chi connectivity index (χ4v) is 2.69. The zero-order valence-electron chi connectivity index (χ0n) is 10.1. The first-order valence-electron chi connectivity index (χ1n) is 5.67. The Balaban J connectivity index is 2.08. The Kier molecular flexibility index (Phi) is 4.58. The van der Waals surface area contributed by atoms with Crippen molar-refractivity contribution in [3.05, 3.63) is 21.4 Å². The second-order valence-corrected chi connectivity index (χ2v) is 5.32. The normalized spacial score (nSPS) is 20.8. The maximum absolute atomic E-state index is 5.38. The Labute approximate surface area is 115 Å². The molecule has 0 amide bonds. The van der Waals surface area contributed by atoms with E-state index < -0.39 is 0 Å². The van der Waals surface area contributed by atoms with Gasteiger partial charge in [0, 0.05) is 42.1 Å². The van der Waals surface area contributed by atoms with E-state index in [9.17, 15) is 0 Å². The molecular weight excluding hydrogens is 331 g/mol. The van der Waals surface area contributed by atoms with Gasteiger partial charge in [-0.15, -0.1) is 0 Å². The van der Waals surface area contributed by atoms with E-state index in [1.807, 2.05) is 6.07 Å². The molecule has 1 fully saturated rings. The van der Waals surface area contributed by atoms with Gasteiger partial charge < -0.3 is 9.47 Å². The SMILES string of the molecule is COc1nccc(I)c1CN1CC[C@@H](OC)C1. The van der Waals surface area contributed by atoms with Crippen LogP contribution >= 0.6 is 22.6 Å². The summed E-state index contributed by atoms with van der Waals surface area (Å²) >= 11 is 2.33. The van der Waals surface area contributed by atoms with Crippen molar-refractivity contribution in [3.8, 4) is 5.88 Å². The molecule has 1 aliphatic heterocycles. The lowest BCUT2D eigenvalue weighted by Gasteiger charge is -2.18. The Morgan fingerprint density at radius 3 is 3.00 bits per heavy atom. The number of pyridine rings is 1. The molecule has 0 aliphatic carbocycles. The van der Waals surface area contributed by atoms with E-state index in [2.05, 4.69) is 32.5 Å². The molecule has 0 spiro atoms. The van der Waals surface area contributed by atoms with Crippen molar-refractivity contribution >= 4 is 22.6 Å². The fraction of sp³-hybridized carbons (Fsp3) is 0.583. The topological polar surface area (TPSA) is 34.6 Å². The van der Waals surface area contributed by atoms with Crippen molar-refractivity contribution in [3.63, 3.8) is 0 Å². The van der Waals surface area contributed by atoms with Crippen molar-refractivity contribution in [1.82, 2.24) is 9.88 Å². The molecule has 2 rings (SSSR count). The molecule has 0 unspecified atom stereocenters. The van der Waals surface area contributed by atoms with Crippen LogP contribution in [0.1, 0.15) is 12.0 Å². The highest BCUT2D eigenvalue weighted by atomic mass is 127. The number of hydrogen-bond acceptors (Lipinski definition) is 4. The number of halogens is 1. The number of likely N-dealkylation sites (tertiary alicyclic amines) is 1. The highest BCUT2D eigenvalue weighted by Crippen LogP contribution is 2.24. The van der Waals surface area contributed by atoms with Crippen LogP contribution in [0.15, 0.2) is 12.3 Å². The van der Waals surface area contributed by atoms with Crippen LogP contribution in [-0.2, 0) is 11.3 Å². The zero-order valence-corrected chi connectivity index (χ0v) is 12.3. The summed E-state index contributed by atoms with van der Waals surface area (Å²) in [5.74, 6) is 0.734. The maximum atomic E-state index is 5.38. The van der Waals surface area contributed by atoms with Gasteiger partial charge in [0.2, 0.25) is 5.88 Å². The lowest BCUT2D eigenvalue weighted by Crippen LogP contribution is -2.23. The van der Waals surface area contributed by atoms with Gasteiger partial charge >= 0.3 is 0 Å². The quantitative estimate of drug-likeness (QED) is 0.779. The molecule has 94 valence electrons. The van der Waals surface area contributed by atoms with Crippen LogP contribution < -0.4 is 4.74 Å². The Bertz CT molecular complexity index is 387. The summed E-state index contributed by atoms with van der Waals surface area (Å²) in [4.78, 5) is 6.64. The minimum Gasteiger partial charge on any atom is -0.481 e. The number of rotatable bonds is 4. The second kappa shape index (κ2) is 5.97. The average Bonchev–Trinajstić information content (AvgIpc) is 2.79. The van der Waals surface area contributed by atoms with Gasteiger partial charge in [0.05, 0.1) is 13.2 Å². The molecule has 1 atom stereocenters. The number of hydrogen-bond donors (Lipinski definition) is 0. The fourth-order valence-electron chi connectivity index (χ4n) is 2.13. The van der Waals surface area contributed by atoms with Crippen molar-refractivity contribution in [2.24, 2.45) is 0 Å². The molecule has 0 saturated carbocycles. The van der Waals surface area contributed by atoms with Gasteiger partial charge in [0.1, 0.15) is 0 Å². The molecule has 1 aliphatic rings. The zero-order chi connectivity index (χ0) is 12.3. The van der Waals surface area contributed by atoms with Gasteiger partial charge in [0.25, 0.3) is 0 Å². The van der Waals surface area contributed by atoms with E-state index in [-0.39, 0.29) is 0 Å². The minimum atomic E-state index is 0.371. The average molecular weight is 348 g/mol. The lowest BCUT2D eigenvalue weighted by molar-refractivity contribution is 0.107. The molecule has 2 heterocycles. The van der Waals surface area contributed by atoms with E-state index in [0.717, 1.165) is 31.9 Å². The summed E-state index contributed by atoms with van der Waals surface area (Å²) in [5, 5.41) is 0. The summed E-state index contributed by atoms with van der Waals surface area (Å²) in [6.45, 7) is 2.95. The third-order valence-corrected chi connectivity index (χ3v) is 4.11. The van der Waals surface area contributed by atoms with Crippen LogP contribution in [0.4, 0.5) is 0 Å². The smallest absolute Gasteiger partial charge is 0.218 e. The van der Waals surface area contributed by atoms with Gasteiger partial charge in [0.15, 0.2) is 0 Å². The van der Waals surface area contributed by atoms with E-state index in [4.69, 9.17) is 9.47 Å². The van der Waals surface area contributed by atoms with Gasteiger partial charge in [-0.2, -0.15) is 0 Å². The van der Waals surface area contributed by atoms with Crippen LogP contribution in [0, 0.1) is 3.57 Å². The van der Waals surface area contributed by atoms with Crippen LogP contribution in [-0.4, -0.2) is 43.3 Å². The molecule has 0 bridgehead atoms. The molecule has 0 aromatic carbocycles. The number of nitrogens with zero attached hydrogens (tertiary/aromatic N) is 2. The third kappa shape index (κ3) is 3.08. The summed E-state index contributed by atoms with van der Waals surface area (Å²) in [6.07, 6.45) is 3.26. The maximum Gasteiger partial charge on any atom is 0.218 e. The second-order valence-electron chi connectivity index (χ2n) is 4.16. The van der Waals surface area contributed by atoms with Crippen LogP contribution in [0.5, 0.6) is 5.88 Å². The van der Waals surface area contributed by atoms with E-state index in [1.165, 1.54) is 9.13 Å². The molecule has 1 aromatic rings. The lowest BCUT2D eigenvalue weighted by atomic mass is 10.2. The van der Waals surface area contributed by atoms with Gasteiger partial charge in [-0.25, -0.2) is 4.98 Å². The van der Waals surface area contributed by atoms with E-state index >= 15 is 0 Å². The monoisotopic (exact) mass is 348 g/mol. The van der Waals surface area contributed by atoms with Crippen molar-refractivity contribution in [2.45, 2.75) is 19.1 Å². The first-order valence-corrected chi connectivity index (χ1v) is 6.75. The number of methoxy groups -OCH3 is 2. The molecule has 0 radical (unpaired) electrons. The summed E-state index contributed by atoms with van der Waals surface area (Å²) in [5.41, 5.74) is 1.17. The highest BCUT2D eigenvalue weighted by Gasteiger charge is 2.23. The van der Waals surface area contributed by atoms with Crippen LogP contribution in [0.3, 0.4) is 0 Å². The number of ether oxygens (including phenoxy) is 2. The summed E-state index contributed by atoms with van der Waals surface area (Å²) in [6, 6.07) is 2.02. The van der Waals surface area contributed by atoms with Gasteiger partial charge in [-0.1, -0.05) is 0 Å². The summed E-state index contributed by atoms with van der Waals surface area (Å²) in [7, 11) is 3.45. The molecule has 0 N–H and O–H groups in total. The van der Waals surface area contributed by atoms with Crippen LogP contribution in [0.2, 0.25) is 0 Å². The molecule has 1 aromatic heterocycles. The Morgan fingerprint density at radius 1 is 1.53 bits per heavy atom. The number of aromatic nitrogens is 1. The molecule has 1 saturated heterocycles. The van der Waals surface area contributed by atoms with Crippen molar-refractivity contribution < 1.29 is 9.47 Å². The summed E-state index contributed by atoms with van der Waals surface area (Å²) < 4.78 is 11.9. The Hall–Kier alpha value is -0.400. The highest BCUT2D eigenvalue weighted by molar-refractivity contribution is 14.1. The molecule has 5 heteroatoms. The first-order chi connectivity index (χ1) is 8.24. The predicted molar refractivity (Wildman–Crippen MR) is 74.2 cm³/mol. The van der Waals surface area contributed by atoms with Crippen molar-refractivity contribution in [2.75, 3.05) is 27.3 Å². The van der Waals surface area contributed by atoms with E-state index in [1.54, 1.807) is 20.4 Å². The standard InChI is InChI=1S/C12H17IN2O2/c1-16-9-4-6-15(7-9)8-10-11(13)3-5-14-12(10)17-2/h3,5,9H,4,6-8H2,1-2H3/t9-/m1/s1. The van der Waals surface area contributed by atoms with Gasteiger partial charge in [-0.05, 0) is 35.1 Å². The van der Waals surface area contributed by atoms with E-state index in [0.29, 0.717) is 6.10 Å². The molecular formula is C12H17IN2O2. The Morgan fingerprint density at radius 2 is 2.35 bits per heavy atom. The predicted octanol–water partition coefficient (Wildman–Crippen LogP) is 1.92. The molecule has 4 nitrogen and oxygen atoms in total. The van der Waals surface area contributed by atoms with Gasteiger partial charge in [-0.3, -0.25) is 4.90 Å². The van der Waals surface area contributed by atoms with Crippen LogP contribution in [0.25, 0.3) is 0 Å². The minimum absolute atomic E-state index is 0.371. The largest absolute Gasteiger partial charge is 0.481 e. The first kappa shape index (κ1) is 13.0.